The predicted octanol–water partition coefficient (Wildman–Crippen LogP) is 2.84. The maximum absolute atomic E-state index is 5.67. The normalized spacial score (nSPS) is 10.5. The van der Waals surface area contributed by atoms with E-state index in [-0.39, 0.29) is 12.4 Å². The Hall–Kier alpha value is -0.930. The zero-order chi connectivity index (χ0) is 10.2. The van der Waals surface area contributed by atoms with Gasteiger partial charge in [-0.05, 0) is 5.56 Å². The standard InChI is InChI=1S/C11H14N2S.ClH/c1-2-8-13-11(12)14-9-10-6-4-3-5-7-10;/h2-7H,1,8-9H2,(H2,12,13);1H. The fourth-order valence-corrected chi connectivity index (χ4v) is 1.60. The van der Waals surface area contributed by atoms with Crippen LogP contribution < -0.4 is 5.73 Å². The molecule has 0 aliphatic carbocycles. The third-order valence-electron chi connectivity index (χ3n) is 1.61. The molecule has 0 bridgehead atoms. The second-order valence-electron chi connectivity index (χ2n) is 2.74. The van der Waals surface area contributed by atoms with E-state index in [9.17, 15) is 0 Å². The van der Waals surface area contributed by atoms with Crippen LogP contribution in [0.15, 0.2) is 48.0 Å². The Labute approximate surface area is 101 Å². The molecule has 0 aliphatic heterocycles. The Balaban J connectivity index is 0.00000196. The lowest BCUT2D eigenvalue weighted by molar-refractivity contribution is 1.25. The molecule has 0 saturated carbocycles. The van der Waals surface area contributed by atoms with Crippen molar-refractivity contribution >= 4 is 29.3 Å². The Kier molecular flexibility index (Phi) is 7.86. The van der Waals surface area contributed by atoms with Gasteiger partial charge in [0.1, 0.15) is 0 Å². The highest BCUT2D eigenvalue weighted by molar-refractivity contribution is 8.13. The molecule has 0 aromatic heterocycles. The molecule has 1 aromatic rings. The van der Waals surface area contributed by atoms with Crippen LogP contribution >= 0.6 is 24.2 Å². The van der Waals surface area contributed by atoms with Crippen molar-refractivity contribution < 1.29 is 0 Å². The number of nitrogens with zero attached hydrogens (tertiary/aromatic N) is 1. The van der Waals surface area contributed by atoms with Crippen LogP contribution in [0.1, 0.15) is 5.56 Å². The van der Waals surface area contributed by atoms with Gasteiger partial charge in [0, 0.05) is 5.75 Å². The molecule has 0 spiro atoms. The molecular weight excluding hydrogens is 228 g/mol. The van der Waals surface area contributed by atoms with Crippen LogP contribution in [0.4, 0.5) is 0 Å². The first kappa shape index (κ1) is 14.1. The summed E-state index contributed by atoms with van der Waals surface area (Å²) in [5.41, 5.74) is 6.93. The first-order valence-corrected chi connectivity index (χ1v) is 5.39. The highest BCUT2D eigenvalue weighted by Gasteiger charge is 1.94. The Morgan fingerprint density at radius 1 is 1.40 bits per heavy atom. The van der Waals surface area contributed by atoms with E-state index in [1.54, 1.807) is 17.8 Å². The van der Waals surface area contributed by atoms with Crippen molar-refractivity contribution in [2.45, 2.75) is 5.75 Å². The Morgan fingerprint density at radius 2 is 2.07 bits per heavy atom. The molecule has 0 atom stereocenters. The number of rotatable bonds is 4. The summed E-state index contributed by atoms with van der Waals surface area (Å²) in [5.74, 6) is 0.868. The summed E-state index contributed by atoms with van der Waals surface area (Å²) < 4.78 is 0. The molecule has 15 heavy (non-hydrogen) atoms. The molecule has 2 N–H and O–H groups in total. The summed E-state index contributed by atoms with van der Waals surface area (Å²) in [4.78, 5) is 4.10. The van der Waals surface area contributed by atoms with Gasteiger partial charge in [-0.2, -0.15) is 0 Å². The van der Waals surface area contributed by atoms with Crippen molar-refractivity contribution in [1.29, 1.82) is 0 Å². The van der Waals surface area contributed by atoms with Crippen molar-refractivity contribution in [3.63, 3.8) is 0 Å². The lowest BCUT2D eigenvalue weighted by Gasteiger charge is -2.00. The van der Waals surface area contributed by atoms with E-state index >= 15 is 0 Å². The van der Waals surface area contributed by atoms with Gasteiger partial charge >= 0.3 is 0 Å². The summed E-state index contributed by atoms with van der Waals surface area (Å²) in [7, 11) is 0. The summed E-state index contributed by atoms with van der Waals surface area (Å²) in [6, 6.07) is 10.2. The minimum atomic E-state index is 0. The van der Waals surface area contributed by atoms with Gasteiger partial charge in [0.15, 0.2) is 5.17 Å². The van der Waals surface area contributed by atoms with Crippen molar-refractivity contribution in [2.24, 2.45) is 10.7 Å². The van der Waals surface area contributed by atoms with Crippen LogP contribution in [0.3, 0.4) is 0 Å². The van der Waals surface area contributed by atoms with Crippen molar-refractivity contribution in [3.05, 3.63) is 48.6 Å². The number of benzene rings is 1. The zero-order valence-electron chi connectivity index (χ0n) is 8.43. The molecule has 4 heteroatoms. The molecule has 0 aliphatic rings. The number of hydrogen-bond acceptors (Lipinski definition) is 2. The summed E-state index contributed by atoms with van der Waals surface area (Å²) in [5, 5.41) is 0.619. The molecule has 0 heterocycles. The topological polar surface area (TPSA) is 38.4 Å². The van der Waals surface area contributed by atoms with Gasteiger partial charge in [0.05, 0.1) is 6.54 Å². The number of amidine groups is 1. The largest absolute Gasteiger partial charge is 0.379 e. The highest BCUT2D eigenvalue weighted by Crippen LogP contribution is 2.11. The van der Waals surface area contributed by atoms with Gasteiger partial charge < -0.3 is 5.73 Å². The van der Waals surface area contributed by atoms with E-state index in [0.717, 1.165) is 5.75 Å². The molecule has 0 amide bonds. The van der Waals surface area contributed by atoms with E-state index in [1.807, 2.05) is 18.2 Å². The second kappa shape index (κ2) is 8.38. The third kappa shape index (κ3) is 6.20. The van der Waals surface area contributed by atoms with Crippen LogP contribution in [0.2, 0.25) is 0 Å². The van der Waals surface area contributed by atoms with Gasteiger partial charge in [0.2, 0.25) is 0 Å². The number of hydrogen-bond donors (Lipinski definition) is 1. The van der Waals surface area contributed by atoms with Crippen LogP contribution in [-0.2, 0) is 5.75 Å². The van der Waals surface area contributed by atoms with Gasteiger partial charge in [-0.3, -0.25) is 4.99 Å². The first-order valence-electron chi connectivity index (χ1n) is 4.40. The SMILES string of the molecule is C=CCN=C(N)SCc1ccccc1.Cl. The third-order valence-corrected chi connectivity index (χ3v) is 2.51. The lowest BCUT2D eigenvalue weighted by atomic mass is 10.2. The van der Waals surface area contributed by atoms with Crippen molar-refractivity contribution in [1.82, 2.24) is 0 Å². The molecule has 0 radical (unpaired) electrons. The molecule has 82 valence electrons. The minimum Gasteiger partial charge on any atom is -0.379 e. The number of nitrogens with two attached hydrogens (primary N) is 1. The Morgan fingerprint density at radius 3 is 2.67 bits per heavy atom. The molecule has 1 aromatic carbocycles. The van der Waals surface area contributed by atoms with E-state index in [0.29, 0.717) is 11.7 Å². The fourth-order valence-electron chi connectivity index (χ4n) is 0.932. The van der Waals surface area contributed by atoms with E-state index in [2.05, 4.69) is 23.7 Å². The second-order valence-corrected chi connectivity index (χ2v) is 3.74. The van der Waals surface area contributed by atoms with Crippen LogP contribution in [0.5, 0.6) is 0 Å². The molecule has 0 saturated heterocycles. The smallest absolute Gasteiger partial charge is 0.154 e. The van der Waals surface area contributed by atoms with Crippen LogP contribution in [0.25, 0.3) is 0 Å². The van der Waals surface area contributed by atoms with E-state index in [4.69, 9.17) is 5.73 Å². The summed E-state index contributed by atoms with van der Waals surface area (Å²) in [6.45, 7) is 4.17. The van der Waals surface area contributed by atoms with E-state index < -0.39 is 0 Å². The van der Waals surface area contributed by atoms with Crippen LogP contribution in [0, 0.1) is 0 Å². The van der Waals surface area contributed by atoms with Gasteiger partial charge in [-0.25, -0.2) is 0 Å². The molecule has 0 unspecified atom stereocenters. The monoisotopic (exact) mass is 242 g/mol. The van der Waals surface area contributed by atoms with Gasteiger partial charge in [0.25, 0.3) is 0 Å². The minimum absolute atomic E-state index is 0. The zero-order valence-corrected chi connectivity index (χ0v) is 10.1. The Bertz CT molecular complexity index is 312. The average molecular weight is 243 g/mol. The number of halogens is 1. The van der Waals surface area contributed by atoms with Gasteiger partial charge in [-0.1, -0.05) is 48.2 Å². The van der Waals surface area contributed by atoms with Crippen LogP contribution in [-0.4, -0.2) is 11.7 Å². The molecule has 1 rings (SSSR count). The number of aliphatic imine (C=N–C) groups is 1. The van der Waals surface area contributed by atoms with Crippen molar-refractivity contribution in [3.8, 4) is 0 Å². The highest BCUT2D eigenvalue weighted by atomic mass is 35.5. The number of thioether (sulfide) groups is 1. The van der Waals surface area contributed by atoms with Crippen molar-refractivity contribution in [2.75, 3.05) is 6.54 Å². The maximum atomic E-state index is 5.67. The predicted molar refractivity (Wildman–Crippen MR) is 71.7 cm³/mol. The molecule has 0 fully saturated rings. The maximum Gasteiger partial charge on any atom is 0.154 e. The van der Waals surface area contributed by atoms with Gasteiger partial charge in [-0.15, -0.1) is 19.0 Å². The van der Waals surface area contributed by atoms with E-state index in [1.165, 1.54) is 5.56 Å². The fraction of sp³-hybridized carbons (Fsp3) is 0.182. The first-order chi connectivity index (χ1) is 6.83. The molecular formula is C11H15ClN2S. The average Bonchev–Trinajstić information content (AvgIpc) is 2.25. The lowest BCUT2D eigenvalue weighted by Crippen LogP contribution is -2.07. The molecule has 2 nitrogen and oxygen atoms in total. The summed E-state index contributed by atoms with van der Waals surface area (Å²) >= 11 is 1.55. The quantitative estimate of drug-likeness (QED) is 0.501. The summed E-state index contributed by atoms with van der Waals surface area (Å²) in [6.07, 6.45) is 1.73.